The van der Waals surface area contributed by atoms with Gasteiger partial charge in [0.1, 0.15) is 11.6 Å². The van der Waals surface area contributed by atoms with Gasteiger partial charge in [-0.15, -0.1) is 15.3 Å². The molecule has 32 heavy (non-hydrogen) atoms. The topological polar surface area (TPSA) is 114 Å². The fraction of sp³-hybridized carbons (Fsp3) is 0.478. The number of hydrogen-bond donors (Lipinski definition) is 3. The van der Waals surface area contributed by atoms with Gasteiger partial charge in [-0.2, -0.15) is 4.52 Å². The molecule has 1 aromatic carbocycles. The van der Waals surface area contributed by atoms with Gasteiger partial charge in [-0.25, -0.2) is 0 Å². The third kappa shape index (κ3) is 4.99. The first-order valence-corrected chi connectivity index (χ1v) is 11.1. The van der Waals surface area contributed by atoms with Gasteiger partial charge in [-0.1, -0.05) is 31.9 Å². The summed E-state index contributed by atoms with van der Waals surface area (Å²) in [6, 6.07) is 11.0. The maximum Gasteiger partial charge on any atom is 0.222 e. The Hall–Kier alpha value is -3.20. The number of phenols is 1. The minimum absolute atomic E-state index is 0.0118. The Labute approximate surface area is 187 Å². The predicted octanol–water partition coefficient (Wildman–Crippen LogP) is 2.86. The van der Waals surface area contributed by atoms with E-state index in [9.17, 15) is 9.90 Å². The minimum Gasteiger partial charge on any atom is -0.508 e. The normalized spacial score (nSPS) is 19.6. The molecular weight excluding hydrogens is 408 g/mol. The molecule has 2 heterocycles. The number of amides is 1. The molecule has 0 spiro atoms. The van der Waals surface area contributed by atoms with E-state index in [2.05, 4.69) is 20.8 Å². The van der Waals surface area contributed by atoms with Crippen molar-refractivity contribution in [3.05, 3.63) is 47.8 Å². The fourth-order valence-corrected chi connectivity index (χ4v) is 4.20. The maximum atomic E-state index is 12.2. The number of fused-ring (bicyclic) bond motifs is 1. The Bertz CT molecular complexity index is 1050. The lowest BCUT2D eigenvalue weighted by Crippen LogP contribution is -2.48. The highest BCUT2D eigenvalue weighted by Gasteiger charge is 2.27. The lowest BCUT2D eigenvalue weighted by molar-refractivity contribution is -0.122. The number of hydrogen-bond acceptors (Lipinski definition) is 7. The molecule has 1 aliphatic carbocycles. The molecule has 3 N–H and O–H groups in total. The predicted molar refractivity (Wildman–Crippen MR) is 121 cm³/mol. The second-order valence-corrected chi connectivity index (χ2v) is 8.31. The summed E-state index contributed by atoms with van der Waals surface area (Å²) in [5, 5.41) is 29.6. The molecule has 0 unspecified atom stereocenters. The van der Waals surface area contributed by atoms with E-state index in [1.54, 1.807) is 23.8 Å². The average Bonchev–Trinajstić information content (AvgIpc) is 3.22. The van der Waals surface area contributed by atoms with Crippen molar-refractivity contribution in [1.82, 2.24) is 25.1 Å². The van der Waals surface area contributed by atoms with Crippen molar-refractivity contribution in [1.29, 1.82) is 0 Å². The molecule has 1 fully saturated rings. The van der Waals surface area contributed by atoms with Crippen molar-refractivity contribution in [2.75, 3.05) is 19.0 Å². The Balaban J connectivity index is 1.52. The SMILES string of the molecule is COCCC(=O)N[C@H]1CCCC[C@@H]1Nc1ccc2nnc([C@@H](C)c3ccc(O)cc3)n2n1. The molecule has 0 saturated heterocycles. The number of aromatic nitrogens is 4. The van der Waals surface area contributed by atoms with E-state index in [1.165, 1.54) is 0 Å². The molecule has 3 atom stereocenters. The number of carbonyl (C=O) groups excluding carboxylic acids is 1. The molecule has 1 amide bonds. The van der Waals surface area contributed by atoms with E-state index in [0.29, 0.717) is 18.7 Å². The van der Waals surface area contributed by atoms with Crippen molar-refractivity contribution in [2.45, 2.75) is 57.0 Å². The van der Waals surface area contributed by atoms with Crippen molar-refractivity contribution >= 4 is 17.4 Å². The van der Waals surface area contributed by atoms with Crippen LogP contribution in [0.3, 0.4) is 0 Å². The van der Waals surface area contributed by atoms with E-state index in [1.807, 2.05) is 31.2 Å². The summed E-state index contributed by atoms with van der Waals surface area (Å²) in [5.74, 6) is 1.64. The van der Waals surface area contributed by atoms with Crippen LogP contribution in [0.5, 0.6) is 5.75 Å². The Morgan fingerprint density at radius 2 is 1.91 bits per heavy atom. The van der Waals surface area contributed by atoms with Gasteiger partial charge in [0.2, 0.25) is 5.91 Å². The van der Waals surface area contributed by atoms with Crippen molar-refractivity contribution in [3.63, 3.8) is 0 Å². The number of phenolic OH excluding ortho intramolecular Hbond substituents is 1. The molecule has 0 bridgehead atoms. The number of aromatic hydroxyl groups is 1. The molecule has 1 aliphatic rings. The second-order valence-electron chi connectivity index (χ2n) is 8.31. The van der Waals surface area contributed by atoms with Gasteiger partial charge in [0.25, 0.3) is 0 Å². The number of benzene rings is 1. The van der Waals surface area contributed by atoms with Gasteiger partial charge in [0, 0.05) is 31.5 Å². The standard InChI is InChI=1S/C23H30N6O3/c1-15(16-7-9-17(30)10-8-16)23-27-26-21-12-11-20(28-29(21)23)24-18-5-3-4-6-19(18)25-22(31)13-14-32-2/h7-12,15,18-19,30H,3-6,13-14H2,1-2H3,(H,24,28)(H,25,31)/t15-,18-,19-/m0/s1. The van der Waals surface area contributed by atoms with Crippen LogP contribution < -0.4 is 10.6 Å². The molecule has 0 radical (unpaired) electrons. The lowest BCUT2D eigenvalue weighted by Gasteiger charge is -2.33. The molecule has 9 heteroatoms. The summed E-state index contributed by atoms with van der Waals surface area (Å²) in [4.78, 5) is 12.2. The number of methoxy groups -OCH3 is 1. The number of ether oxygens (including phenoxy) is 1. The van der Waals surface area contributed by atoms with Crippen molar-refractivity contribution < 1.29 is 14.6 Å². The zero-order valence-electron chi connectivity index (χ0n) is 18.5. The molecule has 0 aliphatic heterocycles. The highest BCUT2D eigenvalue weighted by atomic mass is 16.5. The zero-order valence-corrected chi connectivity index (χ0v) is 18.5. The van der Waals surface area contributed by atoms with Gasteiger partial charge in [0.05, 0.1) is 6.61 Å². The molecule has 2 aromatic heterocycles. The summed E-state index contributed by atoms with van der Waals surface area (Å²) in [7, 11) is 1.60. The van der Waals surface area contributed by atoms with Crippen LogP contribution in [0.15, 0.2) is 36.4 Å². The summed E-state index contributed by atoms with van der Waals surface area (Å²) >= 11 is 0. The van der Waals surface area contributed by atoms with E-state index < -0.39 is 0 Å². The third-order valence-electron chi connectivity index (χ3n) is 6.05. The summed E-state index contributed by atoms with van der Waals surface area (Å²) < 4.78 is 6.77. The van der Waals surface area contributed by atoms with Crippen LogP contribution >= 0.6 is 0 Å². The van der Waals surface area contributed by atoms with Gasteiger partial charge >= 0.3 is 0 Å². The summed E-state index contributed by atoms with van der Waals surface area (Å²) in [6.45, 7) is 2.46. The van der Waals surface area contributed by atoms with Crippen LogP contribution in [0.1, 0.15) is 56.3 Å². The van der Waals surface area contributed by atoms with Gasteiger partial charge in [-0.05, 0) is 42.7 Å². The van der Waals surface area contributed by atoms with Crippen LogP contribution in [-0.2, 0) is 9.53 Å². The first kappa shape index (κ1) is 22.0. The molecular formula is C23H30N6O3. The Kier molecular flexibility index (Phi) is 6.84. The maximum absolute atomic E-state index is 12.2. The van der Waals surface area contributed by atoms with Gasteiger partial charge in [0.15, 0.2) is 11.5 Å². The number of nitrogens with zero attached hydrogens (tertiary/aromatic N) is 4. The molecule has 9 nitrogen and oxygen atoms in total. The number of nitrogens with one attached hydrogen (secondary N) is 2. The Morgan fingerprint density at radius 3 is 2.66 bits per heavy atom. The zero-order chi connectivity index (χ0) is 22.5. The molecule has 170 valence electrons. The average molecular weight is 439 g/mol. The third-order valence-corrected chi connectivity index (χ3v) is 6.05. The fourth-order valence-electron chi connectivity index (χ4n) is 4.20. The van der Waals surface area contributed by atoms with Crippen molar-refractivity contribution in [3.8, 4) is 5.75 Å². The molecule has 3 aromatic rings. The number of anilines is 1. The quantitative estimate of drug-likeness (QED) is 0.495. The smallest absolute Gasteiger partial charge is 0.222 e. The van der Waals surface area contributed by atoms with Crippen LogP contribution in [0.4, 0.5) is 5.82 Å². The lowest BCUT2D eigenvalue weighted by atomic mass is 9.90. The summed E-state index contributed by atoms with van der Waals surface area (Å²) in [6.07, 6.45) is 4.48. The van der Waals surface area contributed by atoms with Gasteiger partial charge in [-0.3, -0.25) is 4.79 Å². The highest BCUT2D eigenvalue weighted by molar-refractivity contribution is 5.76. The first-order chi connectivity index (χ1) is 15.5. The highest BCUT2D eigenvalue weighted by Crippen LogP contribution is 2.26. The second kappa shape index (κ2) is 9.95. The number of rotatable bonds is 8. The first-order valence-electron chi connectivity index (χ1n) is 11.1. The monoisotopic (exact) mass is 438 g/mol. The summed E-state index contributed by atoms with van der Waals surface area (Å²) in [5.41, 5.74) is 1.69. The van der Waals surface area contributed by atoms with E-state index in [-0.39, 0.29) is 29.7 Å². The van der Waals surface area contributed by atoms with Crippen LogP contribution in [-0.4, -0.2) is 56.6 Å². The number of carbonyl (C=O) groups is 1. The van der Waals surface area contributed by atoms with Crippen LogP contribution in [0.25, 0.3) is 5.65 Å². The van der Waals surface area contributed by atoms with Crippen LogP contribution in [0.2, 0.25) is 0 Å². The van der Waals surface area contributed by atoms with E-state index >= 15 is 0 Å². The van der Waals surface area contributed by atoms with E-state index in [4.69, 9.17) is 9.84 Å². The molecule has 1 saturated carbocycles. The van der Waals surface area contributed by atoms with E-state index in [0.717, 1.165) is 42.9 Å². The largest absolute Gasteiger partial charge is 0.508 e. The Morgan fingerprint density at radius 1 is 1.16 bits per heavy atom. The van der Waals surface area contributed by atoms with Crippen molar-refractivity contribution in [2.24, 2.45) is 0 Å². The van der Waals surface area contributed by atoms with Gasteiger partial charge < -0.3 is 20.5 Å². The molecule has 4 rings (SSSR count). The minimum atomic E-state index is -0.0455. The van der Waals surface area contributed by atoms with Crippen LogP contribution in [0, 0.1) is 0 Å².